The van der Waals surface area contributed by atoms with E-state index < -0.39 is 16.8 Å². The fourth-order valence-electron chi connectivity index (χ4n) is 2.61. The summed E-state index contributed by atoms with van der Waals surface area (Å²) in [5.74, 6) is -0.902. The third-order valence-corrected chi connectivity index (χ3v) is 5.54. The summed E-state index contributed by atoms with van der Waals surface area (Å²) in [5.41, 5.74) is -0.0610. The molecule has 0 saturated heterocycles. The minimum Gasteiger partial charge on any atom is -0.480 e. The highest BCUT2D eigenvalue weighted by atomic mass is 35.5. The van der Waals surface area contributed by atoms with Crippen molar-refractivity contribution in [2.24, 2.45) is 0 Å². The molecule has 9 nitrogen and oxygen atoms in total. The van der Waals surface area contributed by atoms with Crippen molar-refractivity contribution in [2.75, 3.05) is 18.5 Å². The Morgan fingerprint density at radius 2 is 1.85 bits per heavy atom. The average molecular weight is 511 g/mol. The average Bonchev–Trinajstić information content (AvgIpc) is 3.23. The third kappa shape index (κ3) is 6.13. The second-order valence-electron chi connectivity index (χ2n) is 6.25. The van der Waals surface area contributed by atoms with Crippen LogP contribution in [0.3, 0.4) is 0 Å². The number of halogens is 2. The molecular formula is C21H16Cl2N2O7S. The summed E-state index contributed by atoms with van der Waals surface area (Å²) in [6.45, 7) is 1.50. The Balaban J connectivity index is 1.79. The van der Waals surface area contributed by atoms with Gasteiger partial charge in [0.25, 0.3) is 5.91 Å². The second-order valence-corrected chi connectivity index (χ2v) is 7.98. The third-order valence-electron chi connectivity index (χ3n) is 4.04. The number of amides is 1. The first-order valence-corrected chi connectivity index (χ1v) is 11.0. The zero-order valence-corrected chi connectivity index (χ0v) is 19.3. The van der Waals surface area contributed by atoms with Gasteiger partial charge < -0.3 is 19.5 Å². The predicted octanol–water partition coefficient (Wildman–Crippen LogP) is 5.95. The van der Waals surface area contributed by atoms with Crippen LogP contribution >= 0.6 is 34.5 Å². The number of nitro groups is 1. The fourth-order valence-corrected chi connectivity index (χ4v) is 3.81. The molecule has 0 unspecified atom stereocenters. The molecule has 3 aromatic rings. The van der Waals surface area contributed by atoms with Crippen molar-refractivity contribution in [3.63, 3.8) is 0 Å². The van der Waals surface area contributed by atoms with Gasteiger partial charge in [0, 0.05) is 12.1 Å². The van der Waals surface area contributed by atoms with Gasteiger partial charge in [-0.3, -0.25) is 14.9 Å². The van der Waals surface area contributed by atoms with E-state index in [1.54, 1.807) is 18.4 Å². The molecule has 1 heterocycles. The summed E-state index contributed by atoms with van der Waals surface area (Å²) in [4.78, 5) is 35.2. The van der Waals surface area contributed by atoms with Gasteiger partial charge in [0.05, 0.1) is 27.3 Å². The SMILES string of the molecule is CCOC(=O)COc1cc(NC(=O)c2sccc2Oc2ccccc2[N+](=O)[O-])c(Cl)cc1Cl. The van der Waals surface area contributed by atoms with E-state index >= 15 is 0 Å². The van der Waals surface area contributed by atoms with Gasteiger partial charge >= 0.3 is 11.7 Å². The number of nitrogens with zero attached hydrogens (tertiary/aromatic N) is 1. The van der Waals surface area contributed by atoms with Crippen LogP contribution in [-0.4, -0.2) is 30.0 Å². The highest BCUT2D eigenvalue weighted by Gasteiger charge is 2.21. The Bertz CT molecular complexity index is 1200. The van der Waals surface area contributed by atoms with E-state index in [-0.39, 0.29) is 56.8 Å². The van der Waals surface area contributed by atoms with Crippen molar-refractivity contribution in [2.45, 2.75) is 6.92 Å². The molecule has 1 amide bonds. The molecule has 0 fully saturated rings. The van der Waals surface area contributed by atoms with Gasteiger partial charge in [0.2, 0.25) is 5.75 Å². The number of nitrogens with one attached hydrogen (secondary N) is 1. The summed E-state index contributed by atoms with van der Waals surface area (Å²) in [5, 5.41) is 15.7. The Morgan fingerprint density at radius 3 is 2.58 bits per heavy atom. The number of carbonyl (C=O) groups excluding carboxylic acids is 2. The maximum Gasteiger partial charge on any atom is 0.344 e. The molecule has 0 aliphatic rings. The van der Waals surface area contributed by atoms with E-state index in [9.17, 15) is 19.7 Å². The molecule has 172 valence electrons. The van der Waals surface area contributed by atoms with Crippen LogP contribution in [0.5, 0.6) is 17.2 Å². The maximum absolute atomic E-state index is 12.9. The van der Waals surface area contributed by atoms with Crippen molar-refractivity contribution in [1.29, 1.82) is 0 Å². The lowest BCUT2D eigenvalue weighted by molar-refractivity contribution is -0.385. The molecule has 1 N–H and O–H groups in total. The fraction of sp³-hybridized carbons (Fsp3) is 0.143. The van der Waals surface area contributed by atoms with Crippen LogP contribution in [0, 0.1) is 10.1 Å². The van der Waals surface area contributed by atoms with Crippen LogP contribution in [0.2, 0.25) is 10.0 Å². The van der Waals surface area contributed by atoms with Gasteiger partial charge in [-0.05, 0) is 30.5 Å². The van der Waals surface area contributed by atoms with Crippen molar-refractivity contribution in [3.05, 3.63) is 72.9 Å². The number of carbonyl (C=O) groups is 2. The summed E-state index contributed by atoms with van der Waals surface area (Å²) < 4.78 is 15.8. The molecule has 0 aliphatic heterocycles. The van der Waals surface area contributed by atoms with Crippen molar-refractivity contribution in [3.8, 4) is 17.2 Å². The summed E-state index contributed by atoms with van der Waals surface area (Å²) in [6, 6.07) is 10.1. The maximum atomic E-state index is 12.9. The molecule has 0 radical (unpaired) electrons. The van der Waals surface area contributed by atoms with Crippen molar-refractivity contribution in [1.82, 2.24) is 0 Å². The van der Waals surface area contributed by atoms with E-state index in [1.807, 2.05) is 0 Å². The first-order valence-electron chi connectivity index (χ1n) is 9.37. The number of benzene rings is 2. The van der Waals surface area contributed by atoms with E-state index in [0.717, 1.165) is 11.3 Å². The number of thiophene rings is 1. The molecular weight excluding hydrogens is 495 g/mol. The van der Waals surface area contributed by atoms with Gasteiger partial charge in [0.15, 0.2) is 12.4 Å². The van der Waals surface area contributed by atoms with Crippen molar-refractivity contribution < 1.29 is 28.7 Å². The van der Waals surface area contributed by atoms with Crippen LogP contribution in [0.1, 0.15) is 16.6 Å². The van der Waals surface area contributed by atoms with E-state index in [1.165, 1.54) is 36.4 Å². The van der Waals surface area contributed by atoms with Crippen LogP contribution < -0.4 is 14.8 Å². The molecule has 1 aromatic heterocycles. The van der Waals surface area contributed by atoms with E-state index in [2.05, 4.69) is 5.32 Å². The lowest BCUT2D eigenvalue weighted by atomic mass is 10.2. The Kier molecular flexibility index (Phi) is 8.10. The van der Waals surface area contributed by atoms with Crippen molar-refractivity contribution >= 4 is 57.8 Å². The Hall–Kier alpha value is -3.34. The predicted molar refractivity (Wildman–Crippen MR) is 124 cm³/mol. The number of hydrogen-bond donors (Lipinski definition) is 1. The Morgan fingerprint density at radius 1 is 1.09 bits per heavy atom. The molecule has 0 bridgehead atoms. The normalized spacial score (nSPS) is 10.4. The monoisotopic (exact) mass is 510 g/mol. The topological polar surface area (TPSA) is 117 Å². The highest BCUT2D eigenvalue weighted by molar-refractivity contribution is 7.12. The summed E-state index contributed by atoms with van der Waals surface area (Å²) in [6.07, 6.45) is 0. The van der Waals surface area contributed by atoms with Crippen LogP contribution in [0.15, 0.2) is 47.8 Å². The van der Waals surface area contributed by atoms with E-state index in [4.69, 9.17) is 37.4 Å². The van der Waals surface area contributed by atoms with Crippen LogP contribution in [-0.2, 0) is 9.53 Å². The number of rotatable bonds is 9. The van der Waals surface area contributed by atoms with Gasteiger partial charge in [-0.2, -0.15) is 0 Å². The zero-order valence-electron chi connectivity index (χ0n) is 17.0. The standard InChI is InChI=1S/C21H16Cl2N2O7S/c1-2-30-19(26)11-31-18-10-14(12(22)9-13(18)23)24-21(27)20-17(7-8-33-20)32-16-6-4-3-5-15(16)25(28)29/h3-10H,2,11H2,1H3,(H,24,27). The van der Waals surface area contributed by atoms with Gasteiger partial charge in [0.1, 0.15) is 10.6 Å². The number of nitro benzene ring substituents is 1. The molecule has 0 saturated carbocycles. The molecule has 0 spiro atoms. The molecule has 3 rings (SSSR count). The number of hydrogen-bond acceptors (Lipinski definition) is 8. The first kappa shape index (κ1) is 24.3. The minimum atomic E-state index is -0.579. The lowest BCUT2D eigenvalue weighted by Crippen LogP contribution is -2.15. The minimum absolute atomic E-state index is 0.00544. The summed E-state index contributed by atoms with van der Waals surface area (Å²) in [7, 11) is 0. The molecule has 0 aliphatic carbocycles. The summed E-state index contributed by atoms with van der Waals surface area (Å²) >= 11 is 13.4. The number of ether oxygens (including phenoxy) is 3. The van der Waals surface area contributed by atoms with Crippen LogP contribution in [0.25, 0.3) is 0 Å². The lowest BCUT2D eigenvalue weighted by Gasteiger charge is -2.13. The zero-order chi connectivity index (χ0) is 24.0. The molecule has 2 aromatic carbocycles. The second kappa shape index (κ2) is 11.0. The first-order chi connectivity index (χ1) is 15.8. The van der Waals surface area contributed by atoms with Gasteiger partial charge in [-0.15, -0.1) is 11.3 Å². The number of esters is 1. The number of para-hydroxylation sites is 2. The van der Waals surface area contributed by atoms with E-state index in [0.29, 0.717) is 0 Å². The Labute approximate surface area is 201 Å². The van der Waals surface area contributed by atoms with Gasteiger partial charge in [-0.1, -0.05) is 35.3 Å². The smallest absolute Gasteiger partial charge is 0.344 e. The molecule has 12 heteroatoms. The molecule has 33 heavy (non-hydrogen) atoms. The molecule has 0 atom stereocenters. The quantitative estimate of drug-likeness (QED) is 0.214. The highest BCUT2D eigenvalue weighted by Crippen LogP contribution is 2.37. The van der Waals surface area contributed by atoms with Gasteiger partial charge in [-0.25, -0.2) is 4.79 Å². The largest absolute Gasteiger partial charge is 0.480 e. The van der Waals surface area contributed by atoms with Crippen LogP contribution in [0.4, 0.5) is 11.4 Å². The number of anilines is 1.